The van der Waals surface area contributed by atoms with Crippen LogP contribution in [-0.2, 0) is 19.0 Å². The highest BCUT2D eigenvalue weighted by atomic mass is 32.2. The van der Waals surface area contributed by atoms with Gasteiger partial charge in [-0.05, 0) is 38.8 Å². The number of hydrogen-bond donors (Lipinski definition) is 0. The van der Waals surface area contributed by atoms with Crippen LogP contribution in [-0.4, -0.2) is 27.7 Å². The van der Waals surface area contributed by atoms with E-state index in [1.165, 1.54) is 0 Å². The molecule has 0 aliphatic rings. The zero-order chi connectivity index (χ0) is 15.7. The second-order valence-corrected chi connectivity index (χ2v) is 6.88. The largest absolute Gasteiger partial charge is 0.378 e. The second kappa shape index (κ2) is 9.18. The summed E-state index contributed by atoms with van der Waals surface area (Å²) in [5.41, 5.74) is 1.02. The van der Waals surface area contributed by atoms with Gasteiger partial charge in [-0.15, -0.1) is 0 Å². The van der Waals surface area contributed by atoms with Gasteiger partial charge >= 0.3 is 0 Å². The van der Waals surface area contributed by atoms with Crippen LogP contribution in [0.1, 0.15) is 45.1 Å². The van der Waals surface area contributed by atoms with Gasteiger partial charge < -0.3 is 4.74 Å². The molecule has 1 rings (SSSR count). The van der Waals surface area contributed by atoms with Gasteiger partial charge in [0.1, 0.15) is 0 Å². The molecule has 0 saturated carbocycles. The van der Waals surface area contributed by atoms with E-state index in [4.69, 9.17) is 8.92 Å². The van der Waals surface area contributed by atoms with Crippen molar-refractivity contribution in [3.63, 3.8) is 0 Å². The van der Waals surface area contributed by atoms with E-state index in [9.17, 15) is 8.42 Å². The molecule has 4 nitrogen and oxygen atoms in total. The molecular weight excluding hydrogens is 288 g/mol. The second-order valence-electron chi connectivity index (χ2n) is 5.27. The maximum absolute atomic E-state index is 12.0. The normalized spacial score (nSPS) is 13.3. The van der Waals surface area contributed by atoms with Crippen LogP contribution in [0.3, 0.4) is 0 Å². The lowest BCUT2D eigenvalue weighted by Gasteiger charge is -2.13. The molecule has 0 aliphatic carbocycles. The Balaban J connectivity index is 2.32. The van der Waals surface area contributed by atoms with Crippen molar-refractivity contribution in [3.8, 4) is 0 Å². The Kier molecular flexibility index (Phi) is 7.93. The lowest BCUT2D eigenvalue weighted by atomic mass is 10.2. The van der Waals surface area contributed by atoms with Crippen molar-refractivity contribution in [1.82, 2.24) is 0 Å². The molecule has 0 fully saturated rings. The van der Waals surface area contributed by atoms with Crippen LogP contribution >= 0.6 is 0 Å². The van der Waals surface area contributed by atoms with E-state index in [2.05, 4.69) is 6.92 Å². The van der Waals surface area contributed by atoms with Gasteiger partial charge in [0, 0.05) is 6.61 Å². The van der Waals surface area contributed by atoms with E-state index in [1.807, 2.05) is 13.8 Å². The molecule has 0 aliphatic heterocycles. The monoisotopic (exact) mass is 314 g/mol. The van der Waals surface area contributed by atoms with Gasteiger partial charge in [0.2, 0.25) is 0 Å². The summed E-state index contributed by atoms with van der Waals surface area (Å²) in [7, 11) is -3.66. The molecule has 21 heavy (non-hydrogen) atoms. The molecule has 0 aromatic heterocycles. The molecule has 0 amide bonds. The summed E-state index contributed by atoms with van der Waals surface area (Å²) >= 11 is 0. The first-order valence-electron chi connectivity index (χ1n) is 7.53. The summed E-state index contributed by atoms with van der Waals surface area (Å²) in [6, 6.07) is 6.65. The van der Waals surface area contributed by atoms with Gasteiger partial charge in [-0.1, -0.05) is 37.5 Å². The highest BCUT2D eigenvalue weighted by Crippen LogP contribution is 2.14. The van der Waals surface area contributed by atoms with E-state index < -0.39 is 10.1 Å². The molecule has 1 unspecified atom stereocenters. The van der Waals surface area contributed by atoms with Gasteiger partial charge in [-0.25, -0.2) is 0 Å². The fourth-order valence-corrected chi connectivity index (χ4v) is 2.74. The topological polar surface area (TPSA) is 52.6 Å². The summed E-state index contributed by atoms with van der Waals surface area (Å²) in [6.45, 7) is 6.86. The summed E-state index contributed by atoms with van der Waals surface area (Å²) in [4.78, 5) is 0.199. The van der Waals surface area contributed by atoms with Crippen LogP contribution in [0.5, 0.6) is 0 Å². The van der Waals surface area contributed by atoms with Crippen LogP contribution in [0.25, 0.3) is 0 Å². The molecule has 0 heterocycles. The molecule has 0 N–H and O–H groups in total. The van der Waals surface area contributed by atoms with E-state index >= 15 is 0 Å². The third kappa shape index (κ3) is 7.07. The number of unbranched alkanes of at least 4 members (excludes halogenated alkanes) is 2. The SMILES string of the molecule is CCCCCOC(C)CCOS(=O)(=O)c1ccc(C)cc1. The van der Waals surface area contributed by atoms with Gasteiger partial charge in [-0.2, -0.15) is 8.42 Å². The molecule has 1 aromatic rings. The summed E-state index contributed by atoms with van der Waals surface area (Å²) in [5, 5.41) is 0. The lowest BCUT2D eigenvalue weighted by molar-refractivity contribution is 0.0489. The summed E-state index contributed by atoms with van der Waals surface area (Å²) in [5.74, 6) is 0. The van der Waals surface area contributed by atoms with Gasteiger partial charge in [-0.3, -0.25) is 4.18 Å². The van der Waals surface area contributed by atoms with Crippen LogP contribution in [0.2, 0.25) is 0 Å². The van der Waals surface area contributed by atoms with E-state index in [0.29, 0.717) is 6.42 Å². The fourth-order valence-electron chi connectivity index (χ4n) is 1.82. The van der Waals surface area contributed by atoms with Crippen molar-refractivity contribution in [2.45, 2.75) is 57.5 Å². The van der Waals surface area contributed by atoms with E-state index in [-0.39, 0.29) is 17.6 Å². The Hall–Kier alpha value is -0.910. The van der Waals surface area contributed by atoms with Gasteiger partial charge in [0.15, 0.2) is 0 Å². The van der Waals surface area contributed by atoms with E-state index in [1.54, 1.807) is 24.3 Å². The molecule has 0 radical (unpaired) electrons. The van der Waals surface area contributed by atoms with Gasteiger partial charge in [0.05, 0.1) is 17.6 Å². The average Bonchev–Trinajstić information content (AvgIpc) is 2.44. The van der Waals surface area contributed by atoms with Gasteiger partial charge in [0.25, 0.3) is 10.1 Å². The first-order chi connectivity index (χ1) is 9.95. The first-order valence-corrected chi connectivity index (χ1v) is 8.94. The van der Waals surface area contributed by atoms with Crippen molar-refractivity contribution in [2.75, 3.05) is 13.2 Å². The van der Waals surface area contributed by atoms with Crippen molar-refractivity contribution in [3.05, 3.63) is 29.8 Å². The third-order valence-electron chi connectivity index (χ3n) is 3.22. The minimum Gasteiger partial charge on any atom is -0.378 e. The van der Waals surface area contributed by atoms with Crippen molar-refractivity contribution in [2.24, 2.45) is 0 Å². The Labute approximate surface area is 128 Å². The summed E-state index contributed by atoms with van der Waals surface area (Å²) < 4.78 is 34.6. The minimum atomic E-state index is -3.66. The van der Waals surface area contributed by atoms with Crippen molar-refractivity contribution >= 4 is 10.1 Å². The fraction of sp³-hybridized carbons (Fsp3) is 0.625. The highest BCUT2D eigenvalue weighted by Gasteiger charge is 2.15. The molecule has 0 saturated heterocycles. The van der Waals surface area contributed by atoms with Crippen molar-refractivity contribution < 1.29 is 17.3 Å². The van der Waals surface area contributed by atoms with Crippen LogP contribution in [0, 0.1) is 6.92 Å². The number of hydrogen-bond acceptors (Lipinski definition) is 4. The number of benzene rings is 1. The quantitative estimate of drug-likeness (QED) is 0.488. The maximum Gasteiger partial charge on any atom is 0.296 e. The Morgan fingerprint density at radius 3 is 2.38 bits per heavy atom. The Morgan fingerprint density at radius 2 is 1.76 bits per heavy atom. The molecule has 0 bridgehead atoms. The molecule has 1 aromatic carbocycles. The minimum absolute atomic E-state index is 0.00933. The lowest BCUT2D eigenvalue weighted by Crippen LogP contribution is -2.15. The average molecular weight is 314 g/mol. The Bertz CT molecular complexity index is 494. The molecule has 1 atom stereocenters. The highest BCUT2D eigenvalue weighted by molar-refractivity contribution is 7.86. The van der Waals surface area contributed by atoms with E-state index in [0.717, 1.165) is 31.4 Å². The molecule has 0 spiro atoms. The molecular formula is C16H26O4S. The summed E-state index contributed by atoms with van der Waals surface area (Å²) in [6.07, 6.45) is 3.94. The number of aryl methyl sites for hydroxylation is 1. The molecule has 120 valence electrons. The van der Waals surface area contributed by atoms with Crippen LogP contribution < -0.4 is 0 Å². The van der Waals surface area contributed by atoms with Crippen LogP contribution in [0.15, 0.2) is 29.2 Å². The maximum atomic E-state index is 12.0. The smallest absolute Gasteiger partial charge is 0.296 e. The van der Waals surface area contributed by atoms with Crippen LogP contribution in [0.4, 0.5) is 0 Å². The predicted octanol–water partition coefficient (Wildman–Crippen LogP) is 3.69. The third-order valence-corrected chi connectivity index (χ3v) is 4.55. The standard InChI is InChI=1S/C16H26O4S/c1-4-5-6-12-19-15(3)11-13-20-21(17,18)16-9-7-14(2)8-10-16/h7-10,15H,4-6,11-13H2,1-3H3. The molecule has 5 heteroatoms. The van der Waals surface area contributed by atoms with Crippen molar-refractivity contribution in [1.29, 1.82) is 0 Å². The zero-order valence-corrected chi connectivity index (χ0v) is 14.0. The first kappa shape index (κ1) is 18.1. The Morgan fingerprint density at radius 1 is 1.10 bits per heavy atom. The predicted molar refractivity (Wildman–Crippen MR) is 83.9 cm³/mol. The zero-order valence-electron chi connectivity index (χ0n) is 13.2. The number of rotatable bonds is 10. The number of ether oxygens (including phenoxy) is 1.